The van der Waals surface area contributed by atoms with E-state index < -0.39 is 0 Å². The number of carbonyl (C=O) groups is 2. The molecule has 0 aromatic heterocycles. The highest BCUT2D eigenvalue weighted by molar-refractivity contribution is 5.76. The summed E-state index contributed by atoms with van der Waals surface area (Å²) >= 11 is 0. The predicted molar refractivity (Wildman–Crippen MR) is 95.7 cm³/mol. The number of hydrogen-bond donors (Lipinski definition) is 3. The number of carbonyl (C=O) groups excluding carboxylic acids is 2. The van der Waals surface area contributed by atoms with Crippen molar-refractivity contribution in [2.75, 3.05) is 6.54 Å². The number of urea groups is 1. The van der Waals surface area contributed by atoms with Crippen molar-refractivity contribution in [3.8, 4) is 0 Å². The minimum absolute atomic E-state index is 0.0194. The van der Waals surface area contributed by atoms with Crippen LogP contribution in [-0.2, 0) is 11.3 Å². The van der Waals surface area contributed by atoms with Crippen molar-refractivity contribution in [3.63, 3.8) is 0 Å². The molecular weight excluding hydrogens is 302 g/mol. The monoisotopic (exact) mass is 331 g/mol. The average molecular weight is 331 g/mol. The van der Waals surface area contributed by atoms with Gasteiger partial charge < -0.3 is 16.0 Å². The number of nitrogens with one attached hydrogen (secondary N) is 3. The molecule has 0 unspecified atom stereocenters. The fraction of sp³-hybridized carbons (Fsp3) is 0.579. The Morgan fingerprint density at radius 3 is 2.67 bits per heavy atom. The van der Waals surface area contributed by atoms with Crippen molar-refractivity contribution in [1.82, 2.24) is 16.0 Å². The molecule has 3 amide bonds. The van der Waals surface area contributed by atoms with Crippen LogP contribution in [0.4, 0.5) is 4.79 Å². The van der Waals surface area contributed by atoms with Crippen LogP contribution in [0.5, 0.6) is 0 Å². The van der Waals surface area contributed by atoms with Gasteiger partial charge in [-0.25, -0.2) is 4.79 Å². The maximum absolute atomic E-state index is 11.8. The van der Waals surface area contributed by atoms with Crippen LogP contribution >= 0.6 is 0 Å². The van der Waals surface area contributed by atoms with Crippen molar-refractivity contribution in [3.05, 3.63) is 35.4 Å². The Kier molecular flexibility index (Phi) is 7.59. The molecular formula is C19H29N3O2. The van der Waals surface area contributed by atoms with E-state index in [1.54, 1.807) is 0 Å². The van der Waals surface area contributed by atoms with E-state index in [4.69, 9.17) is 0 Å². The Bertz CT molecular complexity index is 539. The average Bonchev–Trinajstić information content (AvgIpc) is 2.58. The van der Waals surface area contributed by atoms with Gasteiger partial charge in [0.15, 0.2) is 0 Å². The smallest absolute Gasteiger partial charge is 0.315 e. The number of amides is 3. The largest absolute Gasteiger partial charge is 0.352 e. The molecule has 0 spiro atoms. The second kappa shape index (κ2) is 9.96. The molecule has 3 N–H and O–H groups in total. The van der Waals surface area contributed by atoms with Gasteiger partial charge in [-0.1, -0.05) is 49.1 Å². The van der Waals surface area contributed by atoms with Gasteiger partial charge in [-0.05, 0) is 31.7 Å². The van der Waals surface area contributed by atoms with Crippen molar-refractivity contribution in [2.24, 2.45) is 0 Å². The number of aryl methyl sites for hydroxylation is 1. The lowest BCUT2D eigenvalue weighted by Crippen LogP contribution is -2.43. The molecule has 1 aromatic carbocycles. The van der Waals surface area contributed by atoms with E-state index in [-0.39, 0.29) is 11.9 Å². The zero-order chi connectivity index (χ0) is 17.2. The van der Waals surface area contributed by atoms with Gasteiger partial charge in [0, 0.05) is 25.6 Å². The van der Waals surface area contributed by atoms with Crippen LogP contribution in [0.25, 0.3) is 0 Å². The number of hydrogen-bond acceptors (Lipinski definition) is 2. The highest BCUT2D eigenvalue weighted by atomic mass is 16.2. The summed E-state index contributed by atoms with van der Waals surface area (Å²) in [5.41, 5.74) is 2.29. The summed E-state index contributed by atoms with van der Waals surface area (Å²) in [7, 11) is 0. The molecule has 24 heavy (non-hydrogen) atoms. The molecule has 1 aliphatic rings. The van der Waals surface area contributed by atoms with Crippen LogP contribution < -0.4 is 16.0 Å². The molecule has 0 heterocycles. The van der Waals surface area contributed by atoms with Crippen LogP contribution in [-0.4, -0.2) is 24.5 Å². The zero-order valence-electron chi connectivity index (χ0n) is 14.6. The summed E-state index contributed by atoms with van der Waals surface area (Å²) in [6, 6.07) is 8.31. The normalized spacial score (nSPS) is 14.9. The Morgan fingerprint density at radius 1 is 1.12 bits per heavy atom. The second-order valence-corrected chi connectivity index (χ2v) is 6.60. The summed E-state index contributed by atoms with van der Waals surface area (Å²) in [5.74, 6) is 0.0194. The summed E-state index contributed by atoms with van der Waals surface area (Å²) in [6.07, 6.45) is 6.91. The van der Waals surface area contributed by atoms with E-state index >= 15 is 0 Å². The summed E-state index contributed by atoms with van der Waals surface area (Å²) < 4.78 is 0. The van der Waals surface area contributed by atoms with Gasteiger partial charge in [-0.3, -0.25) is 4.79 Å². The van der Waals surface area contributed by atoms with Gasteiger partial charge in [0.1, 0.15) is 0 Å². The lowest BCUT2D eigenvalue weighted by atomic mass is 9.96. The first-order chi connectivity index (χ1) is 11.6. The van der Waals surface area contributed by atoms with Gasteiger partial charge in [0.05, 0.1) is 0 Å². The molecule has 0 aliphatic heterocycles. The topological polar surface area (TPSA) is 70.2 Å². The first-order valence-electron chi connectivity index (χ1n) is 9.00. The summed E-state index contributed by atoms with van der Waals surface area (Å²) in [4.78, 5) is 23.6. The van der Waals surface area contributed by atoms with Gasteiger partial charge in [0.25, 0.3) is 0 Å². The molecule has 1 aliphatic carbocycles. The lowest BCUT2D eigenvalue weighted by Gasteiger charge is -2.22. The SMILES string of the molecule is Cc1cccc(CNC(=O)CCCNC(=O)NC2CCCCC2)c1. The quantitative estimate of drug-likeness (QED) is 0.672. The van der Waals surface area contributed by atoms with Crippen LogP contribution in [0.15, 0.2) is 24.3 Å². The van der Waals surface area contributed by atoms with Crippen molar-refractivity contribution in [1.29, 1.82) is 0 Å². The molecule has 0 radical (unpaired) electrons. The standard InChI is InChI=1S/C19H29N3O2/c1-15-7-5-8-16(13-15)14-21-18(23)11-6-12-20-19(24)22-17-9-3-2-4-10-17/h5,7-8,13,17H,2-4,6,9-12,14H2,1H3,(H,21,23)(H2,20,22,24). The lowest BCUT2D eigenvalue weighted by molar-refractivity contribution is -0.121. The van der Waals surface area contributed by atoms with E-state index in [1.165, 1.54) is 24.8 Å². The van der Waals surface area contributed by atoms with E-state index in [2.05, 4.69) is 22.0 Å². The first kappa shape index (κ1) is 18.3. The van der Waals surface area contributed by atoms with Crippen LogP contribution in [0.2, 0.25) is 0 Å². The van der Waals surface area contributed by atoms with Crippen LogP contribution in [0.3, 0.4) is 0 Å². The van der Waals surface area contributed by atoms with E-state index in [9.17, 15) is 9.59 Å². The van der Waals surface area contributed by atoms with E-state index in [0.29, 0.717) is 32.0 Å². The zero-order valence-corrected chi connectivity index (χ0v) is 14.6. The van der Waals surface area contributed by atoms with Crippen LogP contribution in [0.1, 0.15) is 56.1 Å². The molecule has 1 fully saturated rings. The third-order valence-electron chi connectivity index (χ3n) is 4.38. The van der Waals surface area contributed by atoms with Gasteiger partial charge in [-0.2, -0.15) is 0 Å². The Morgan fingerprint density at radius 2 is 1.92 bits per heavy atom. The Hall–Kier alpha value is -2.04. The summed E-state index contributed by atoms with van der Waals surface area (Å²) in [6.45, 7) is 3.11. The highest BCUT2D eigenvalue weighted by Gasteiger charge is 2.15. The van der Waals surface area contributed by atoms with Crippen molar-refractivity contribution in [2.45, 2.75) is 64.5 Å². The van der Waals surface area contributed by atoms with Gasteiger partial charge in [0.2, 0.25) is 5.91 Å². The third kappa shape index (κ3) is 7.02. The number of benzene rings is 1. The molecule has 2 rings (SSSR count). The van der Waals surface area contributed by atoms with Gasteiger partial charge in [-0.15, -0.1) is 0 Å². The number of rotatable bonds is 7. The molecule has 5 nitrogen and oxygen atoms in total. The van der Waals surface area contributed by atoms with E-state index in [0.717, 1.165) is 18.4 Å². The minimum atomic E-state index is -0.109. The predicted octanol–water partition coefficient (Wildman–Crippen LogP) is 3.02. The molecule has 132 valence electrons. The third-order valence-corrected chi connectivity index (χ3v) is 4.38. The second-order valence-electron chi connectivity index (χ2n) is 6.60. The molecule has 0 atom stereocenters. The maximum Gasteiger partial charge on any atom is 0.315 e. The molecule has 1 aromatic rings. The summed E-state index contributed by atoms with van der Waals surface area (Å²) in [5, 5.41) is 8.76. The van der Waals surface area contributed by atoms with Crippen LogP contribution in [0, 0.1) is 6.92 Å². The molecule has 1 saturated carbocycles. The Labute approximate surface area is 144 Å². The highest BCUT2D eigenvalue weighted by Crippen LogP contribution is 2.17. The van der Waals surface area contributed by atoms with Gasteiger partial charge >= 0.3 is 6.03 Å². The van der Waals surface area contributed by atoms with E-state index in [1.807, 2.05) is 25.1 Å². The molecule has 0 bridgehead atoms. The molecule has 5 heteroatoms. The minimum Gasteiger partial charge on any atom is -0.352 e. The first-order valence-corrected chi connectivity index (χ1v) is 9.00. The fourth-order valence-corrected chi connectivity index (χ4v) is 3.05. The van der Waals surface area contributed by atoms with Crippen molar-refractivity contribution < 1.29 is 9.59 Å². The van der Waals surface area contributed by atoms with Crippen molar-refractivity contribution >= 4 is 11.9 Å². The maximum atomic E-state index is 11.8. The Balaban J connectivity index is 1.53. The fourth-order valence-electron chi connectivity index (χ4n) is 3.05. The molecule has 0 saturated heterocycles.